The van der Waals surface area contributed by atoms with Crippen LogP contribution in [0.3, 0.4) is 0 Å². The Bertz CT molecular complexity index is 1130. The van der Waals surface area contributed by atoms with E-state index >= 15 is 0 Å². The van der Waals surface area contributed by atoms with E-state index in [9.17, 15) is 14.7 Å². The number of nitrogens with zero attached hydrogens (tertiary/aromatic N) is 1. The lowest BCUT2D eigenvalue weighted by atomic mass is 9.92. The lowest BCUT2D eigenvalue weighted by Gasteiger charge is -2.31. The average molecular weight is 484 g/mol. The number of hydrogen-bond donors (Lipinski definition) is 1. The fraction of sp³-hybridized carbons (Fsp3) is 0.407. The van der Waals surface area contributed by atoms with Gasteiger partial charge in [0.15, 0.2) is 0 Å². The normalized spacial score (nSPS) is 20.4. The summed E-state index contributed by atoms with van der Waals surface area (Å²) in [5.41, 5.74) is 2.23. The minimum Gasteiger partial charge on any atom is -0.507 e. The van der Waals surface area contributed by atoms with Gasteiger partial charge in [0, 0.05) is 12.1 Å². The second-order valence-electron chi connectivity index (χ2n) is 9.15. The van der Waals surface area contributed by atoms with Crippen LogP contribution in [0.2, 0.25) is 5.02 Å². The fourth-order valence-corrected chi connectivity index (χ4v) is 5.23. The zero-order valence-electron chi connectivity index (χ0n) is 19.9. The number of carbonyl (C=O) groups is 2. The molecule has 34 heavy (non-hydrogen) atoms. The van der Waals surface area contributed by atoms with Gasteiger partial charge in [-0.05, 0) is 36.0 Å². The zero-order chi connectivity index (χ0) is 24.6. The van der Waals surface area contributed by atoms with Crippen LogP contribution >= 0.6 is 11.6 Å². The van der Waals surface area contributed by atoms with Crippen LogP contribution in [0.25, 0.3) is 5.76 Å². The molecule has 1 amide bonds. The van der Waals surface area contributed by atoms with Gasteiger partial charge >= 0.3 is 0 Å². The molecule has 0 spiro atoms. The smallest absolute Gasteiger partial charge is 0.295 e. The van der Waals surface area contributed by atoms with Crippen molar-refractivity contribution in [3.63, 3.8) is 0 Å². The molecule has 0 bridgehead atoms. The summed E-state index contributed by atoms with van der Waals surface area (Å²) in [4.78, 5) is 28.3. The highest BCUT2D eigenvalue weighted by Crippen LogP contribution is 2.45. The van der Waals surface area contributed by atoms with E-state index in [0.717, 1.165) is 36.8 Å². The van der Waals surface area contributed by atoms with E-state index in [1.807, 2.05) is 24.3 Å². The standard InChI is InChI=1S/C27H30ClNO5/c1-15(2)16-9-11-17(12-10-16)24-23(26(31)27(32)29(24)18-7-5-6-8-18)25(30)19-13-20(28)22(34-4)14-21(19)33-3/h9-15,18,24,30H,5-8H2,1-4H3/b25-23+. The lowest BCUT2D eigenvalue weighted by molar-refractivity contribution is -0.141. The van der Waals surface area contributed by atoms with Gasteiger partial charge in [-0.1, -0.05) is 62.6 Å². The Morgan fingerprint density at radius 2 is 1.65 bits per heavy atom. The highest BCUT2D eigenvalue weighted by Gasteiger charge is 2.49. The molecule has 7 heteroatoms. The quantitative estimate of drug-likeness (QED) is 0.317. The number of halogens is 1. The van der Waals surface area contributed by atoms with Crippen LogP contribution < -0.4 is 9.47 Å². The van der Waals surface area contributed by atoms with Gasteiger partial charge < -0.3 is 19.5 Å². The highest BCUT2D eigenvalue weighted by atomic mass is 35.5. The summed E-state index contributed by atoms with van der Waals surface area (Å²) in [6.07, 6.45) is 3.69. The van der Waals surface area contributed by atoms with Crippen LogP contribution in [0.1, 0.15) is 68.2 Å². The second-order valence-corrected chi connectivity index (χ2v) is 9.56. The summed E-state index contributed by atoms with van der Waals surface area (Å²) in [5, 5.41) is 11.7. The summed E-state index contributed by atoms with van der Waals surface area (Å²) in [5.74, 6) is -0.567. The Balaban J connectivity index is 1.91. The molecule has 1 aliphatic heterocycles. The van der Waals surface area contributed by atoms with Crippen molar-refractivity contribution in [1.29, 1.82) is 0 Å². The molecule has 1 aliphatic carbocycles. The number of Topliss-reactive ketones (excluding diaryl/α,β-unsaturated/α-hetero) is 1. The molecule has 1 unspecified atom stereocenters. The molecule has 2 aromatic carbocycles. The maximum atomic E-state index is 13.3. The van der Waals surface area contributed by atoms with Gasteiger partial charge in [0.05, 0.1) is 36.4 Å². The molecule has 2 fully saturated rings. The number of methoxy groups -OCH3 is 2. The van der Waals surface area contributed by atoms with Gasteiger partial charge in [-0.15, -0.1) is 0 Å². The van der Waals surface area contributed by atoms with Crippen LogP contribution in [0, 0.1) is 0 Å². The Morgan fingerprint density at radius 1 is 1.03 bits per heavy atom. The van der Waals surface area contributed by atoms with Crippen molar-refractivity contribution in [2.24, 2.45) is 0 Å². The fourth-order valence-electron chi connectivity index (χ4n) is 4.99. The first kappa shape index (κ1) is 24.1. The maximum absolute atomic E-state index is 13.3. The first-order chi connectivity index (χ1) is 16.3. The Labute approximate surface area is 205 Å². The van der Waals surface area contributed by atoms with Gasteiger partial charge in [0.2, 0.25) is 0 Å². The SMILES string of the molecule is COc1cc(OC)c(/C(O)=C2\C(=O)C(=O)N(C3CCCC3)C2c2ccc(C(C)C)cc2)cc1Cl. The predicted molar refractivity (Wildman–Crippen MR) is 131 cm³/mol. The van der Waals surface area contributed by atoms with Crippen molar-refractivity contribution in [2.75, 3.05) is 14.2 Å². The maximum Gasteiger partial charge on any atom is 0.295 e. The lowest BCUT2D eigenvalue weighted by Crippen LogP contribution is -2.37. The number of carbonyl (C=O) groups excluding carboxylic acids is 2. The number of hydrogen-bond acceptors (Lipinski definition) is 5. The number of ketones is 1. The molecule has 180 valence electrons. The predicted octanol–water partition coefficient (Wildman–Crippen LogP) is 5.84. The van der Waals surface area contributed by atoms with Crippen molar-refractivity contribution in [3.05, 3.63) is 63.7 Å². The largest absolute Gasteiger partial charge is 0.507 e. The number of likely N-dealkylation sites (tertiary alicyclic amines) is 1. The minimum absolute atomic E-state index is 0.0436. The van der Waals surface area contributed by atoms with Crippen molar-refractivity contribution < 1.29 is 24.2 Å². The van der Waals surface area contributed by atoms with Gasteiger partial charge in [-0.3, -0.25) is 9.59 Å². The van der Waals surface area contributed by atoms with E-state index < -0.39 is 17.7 Å². The van der Waals surface area contributed by atoms with Crippen LogP contribution in [0.4, 0.5) is 0 Å². The topological polar surface area (TPSA) is 76.1 Å². The number of ether oxygens (including phenoxy) is 2. The van der Waals surface area contributed by atoms with E-state index in [1.165, 1.54) is 20.3 Å². The summed E-state index contributed by atoms with van der Waals surface area (Å²) < 4.78 is 10.7. The molecular weight excluding hydrogens is 454 g/mol. The van der Waals surface area contributed by atoms with Crippen molar-refractivity contribution in [3.8, 4) is 11.5 Å². The van der Waals surface area contributed by atoms with Crippen molar-refractivity contribution in [2.45, 2.75) is 57.5 Å². The molecule has 1 N–H and O–H groups in total. The van der Waals surface area contributed by atoms with Gasteiger partial charge in [-0.2, -0.15) is 0 Å². The third-order valence-corrected chi connectivity index (χ3v) is 7.14. The molecule has 2 aromatic rings. The molecular formula is C27H30ClNO5. The molecule has 6 nitrogen and oxygen atoms in total. The number of rotatable bonds is 6. The summed E-state index contributed by atoms with van der Waals surface area (Å²) in [6, 6.07) is 10.2. The van der Waals surface area contributed by atoms with E-state index in [0.29, 0.717) is 17.4 Å². The van der Waals surface area contributed by atoms with Crippen LogP contribution in [-0.4, -0.2) is 42.0 Å². The van der Waals surface area contributed by atoms with Gasteiger partial charge in [0.25, 0.3) is 11.7 Å². The van der Waals surface area contributed by atoms with Crippen LogP contribution in [0.15, 0.2) is 42.0 Å². The highest BCUT2D eigenvalue weighted by molar-refractivity contribution is 6.46. The zero-order valence-corrected chi connectivity index (χ0v) is 20.7. The number of aliphatic hydroxyl groups is 1. The van der Waals surface area contributed by atoms with Crippen LogP contribution in [-0.2, 0) is 9.59 Å². The summed E-state index contributed by atoms with van der Waals surface area (Å²) >= 11 is 6.33. The van der Waals surface area contributed by atoms with Crippen molar-refractivity contribution in [1.82, 2.24) is 4.90 Å². The monoisotopic (exact) mass is 483 g/mol. The van der Waals surface area contributed by atoms with Crippen LogP contribution in [0.5, 0.6) is 11.5 Å². The molecule has 1 saturated heterocycles. The third kappa shape index (κ3) is 4.16. The third-order valence-electron chi connectivity index (χ3n) is 6.85. The van der Waals surface area contributed by atoms with E-state index in [2.05, 4.69) is 13.8 Å². The average Bonchev–Trinajstić information content (AvgIpc) is 3.45. The second kappa shape index (κ2) is 9.71. The summed E-state index contributed by atoms with van der Waals surface area (Å²) in [7, 11) is 2.94. The number of benzene rings is 2. The molecule has 0 radical (unpaired) electrons. The molecule has 1 atom stereocenters. The molecule has 1 saturated carbocycles. The van der Waals surface area contributed by atoms with Gasteiger partial charge in [0.1, 0.15) is 17.3 Å². The first-order valence-electron chi connectivity index (χ1n) is 11.6. The van der Waals surface area contributed by atoms with E-state index in [-0.39, 0.29) is 28.0 Å². The first-order valence-corrected chi connectivity index (χ1v) is 12.0. The molecule has 1 heterocycles. The Kier molecular flexibility index (Phi) is 6.89. The van der Waals surface area contributed by atoms with Gasteiger partial charge in [-0.25, -0.2) is 0 Å². The molecule has 4 rings (SSSR count). The summed E-state index contributed by atoms with van der Waals surface area (Å²) in [6.45, 7) is 4.22. The van der Waals surface area contributed by atoms with E-state index in [4.69, 9.17) is 21.1 Å². The van der Waals surface area contributed by atoms with E-state index in [1.54, 1.807) is 11.0 Å². The molecule has 2 aliphatic rings. The number of aliphatic hydroxyl groups excluding tert-OH is 1. The Morgan fingerprint density at radius 3 is 2.21 bits per heavy atom. The number of amides is 1. The Hall–Kier alpha value is -2.99. The molecule has 0 aromatic heterocycles. The minimum atomic E-state index is -0.698. The van der Waals surface area contributed by atoms with Crippen molar-refractivity contribution >= 4 is 29.1 Å².